The van der Waals surface area contributed by atoms with Crippen LogP contribution in [0.15, 0.2) is 46.9 Å². The first kappa shape index (κ1) is 14.9. The molecule has 110 valence electrons. The minimum Gasteiger partial charge on any atom is -0.489 e. The van der Waals surface area contributed by atoms with Crippen LogP contribution in [0.25, 0.3) is 0 Å². The van der Waals surface area contributed by atoms with Crippen molar-refractivity contribution in [2.75, 3.05) is 0 Å². The van der Waals surface area contributed by atoms with Gasteiger partial charge in [-0.05, 0) is 42.7 Å². The number of hydrogen-bond donors (Lipinski definition) is 1. The van der Waals surface area contributed by atoms with Crippen LogP contribution in [-0.2, 0) is 13.2 Å². The summed E-state index contributed by atoms with van der Waals surface area (Å²) in [6, 6.07) is 14.8. The summed E-state index contributed by atoms with van der Waals surface area (Å²) in [5.41, 5.74) is 2.27. The summed E-state index contributed by atoms with van der Waals surface area (Å²) in [7, 11) is 0. The molecular weight excluding hydrogens is 350 g/mol. The predicted molar refractivity (Wildman–Crippen MR) is 89.8 cm³/mol. The average molecular weight is 367 g/mol. The van der Waals surface area contributed by atoms with Crippen LogP contribution in [0.4, 0.5) is 0 Å². The molecular formula is C17H17BrClNO. The second-order valence-electron chi connectivity index (χ2n) is 5.32. The molecule has 0 atom stereocenters. The molecule has 2 aromatic rings. The van der Waals surface area contributed by atoms with Crippen molar-refractivity contribution < 1.29 is 4.74 Å². The van der Waals surface area contributed by atoms with Crippen molar-refractivity contribution in [2.24, 2.45) is 0 Å². The second-order valence-corrected chi connectivity index (χ2v) is 6.65. The largest absolute Gasteiger partial charge is 0.489 e. The molecule has 0 radical (unpaired) electrons. The van der Waals surface area contributed by atoms with Crippen molar-refractivity contribution in [2.45, 2.75) is 32.0 Å². The van der Waals surface area contributed by atoms with Gasteiger partial charge in [-0.2, -0.15) is 0 Å². The van der Waals surface area contributed by atoms with E-state index in [1.807, 2.05) is 30.3 Å². The SMILES string of the molecule is Clc1cc(Br)ccc1COc1ccc(CNC2CC2)cc1. The van der Waals surface area contributed by atoms with E-state index in [2.05, 4.69) is 33.4 Å². The van der Waals surface area contributed by atoms with Crippen molar-refractivity contribution in [3.05, 3.63) is 63.1 Å². The molecule has 2 aromatic carbocycles. The molecule has 3 rings (SSSR count). The van der Waals surface area contributed by atoms with Crippen LogP contribution < -0.4 is 10.1 Å². The molecule has 2 nitrogen and oxygen atoms in total. The number of rotatable bonds is 6. The Morgan fingerprint density at radius 2 is 1.90 bits per heavy atom. The summed E-state index contributed by atoms with van der Waals surface area (Å²) in [5.74, 6) is 0.865. The molecule has 21 heavy (non-hydrogen) atoms. The quantitative estimate of drug-likeness (QED) is 0.782. The summed E-state index contributed by atoms with van der Waals surface area (Å²) >= 11 is 9.58. The first-order valence-corrected chi connectivity index (χ1v) is 8.27. The van der Waals surface area contributed by atoms with E-state index in [1.54, 1.807) is 0 Å². The Balaban J connectivity index is 1.54. The maximum Gasteiger partial charge on any atom is 0.119 e. The van der Waals surface area contributed by atoms with Crippen LogP contribution >= 0.6 is 27.5 Å². The van der Waals surface area contributed by atoms with Crippen LogP contribution in [-0.4, -0.2) is 6.04 Å². The van der Waals surface area contributed by atoms with E-state index >= 15 is 0 Å². The standard InChI is InChI=1S/C17H17BrClNO/c18-14-4-3-13(17(19)9-14)11-21-16-7-1-12(2-8-16)10-20-15-5-6-15/h1-4,7-9,15,20H,5-6,10-11H2. The molecule has 4 heteroatoms. The molecule has 0 spiro atoms. The Bertz CT molecular complexity index is 611. The van der Waals surface area contributed by atoms with Gasteiger partial charge >= 0.3 is 0 Å². The highest BCUT2D eigenvalue weighted by molar-refractivity contribution is 9.10. The highest BCUT2D eigenvalue weighted by Gasteiger charge is 2.19. The van der Waals surface area contributed by atoms with E-state index in [0.717, 1.165) is 33.4 Å². The molecule has 1 saturated carbocycles. The first-order chi connectivity index (χ1) is 10.2. The lowest BCUT2D eigenvalue weighted by Crippen LogP contribution is -2.15. The predicted octanol–water partition coefficient (Wildman–Crippen LogP) is 4.93. The highest BCUT2D eigenvalue weighted by atomic mass is 79.9. The maximum absolute atomic E-state index is 6.18. The number of benzene rings is 2. The molecule has 0 saturated heterocycles. The van der Waals surface area contributed by atoms with Crippen molar-refractivity contribution >= 4 is 27.5 Å². The molecule has 0 heterocycles. The van der Waals surface area contributed by atoms with E-state index in [-0.39, 0.29) is 0 Å². The second kappa shape index (κ2) is 6.82. The van der Waals surface area contributed by atoms with Gasteiger partial charge < -0.3 is 10.1 Å². The maximum atomic E-state index is 6.18. The lowest BCUT2D eigenvalue weighted by atomic mass is 10.2. The Morgan fingerprint density at radius 3 is 2.57 bits per heavy atom. The van der Waals surface area contributed by atoms with Gasteiger partial charge in [0.1, 0.15) is 12.4 Å². The normalized spacial score (nSPS) is 14.2. The zero-order chi connectivity index (χ0) is 14.7. The van der Waals surface area contributed by atoms with Crippen molar-refractivity contribution in [3.8, 4) is 5.75 Å². The van der Waals surface area contributed by atoms with Gasteiger partial charge in [-0.25, -0.2) is 0 Å². The number of hydrogen-bond acceptors (Lipinski definition) is 2. The molecule has 1 N–H and O–H groups in total. The monoisotopic (exact) mass is 365 g/mol. The number of nitrogens with one attached hydrogen (secondary N) is 1. The van der Waals surface area contributed by atoms with Crippen LogP contribution in [0.1, 0.15) is 24.0 Å². The van der Waals surface area contributed by atoms with Crippen molar-refractivity contribution in [1.82, 2.24) is 5.32 Å². The van der Waals surface area contributed by atoms with Gasteiger partial charge in [0.15, 0.2) is 0 Å². The van der Waals surface area contributed by atoms with Crippen LogP contribution in [0.5, 0.6) is 5.75 Å². The lowest BCUT2D eigenvalue weighted by Gasteiger charge is -2.09. The van der Waals surface area contributed by atoms with Gasteiger partial charge in [0.25, 0.3) is 0 Å². The molecule has 0 aromatic heterocycles. The average Bonchev–Trinajstić information content (AvgIpc) is 3.30. The van der Waals surface area contributed by atoms with Gasteiger partial charge in [0.05, 0.1) is 0 Å². The minimum atomic E-state index is 0.478. The van der Waals surface area contributed by atoms with E-state index in [0.29, 0.717) is 6.61 Å². The van der Waals surface area contributed by atoms with Gasteiger partial charge in [-0.1, -0.05) is 45.7 Å². The van der Waals surface area contributed by atoms with Gasteiger partial charge in [0, 0.05) is 27.6 Å². The Hall–Kier alpha value is -1.03. The summed E-state index contributed by atoms with van der Waals surface area (Å²) in [6.07, 6.45) is 2.63. The Kier molecular flexibility index (Phi) is 4.84. The number of halogens is 2. The lowest BCUT2D eigenvalue weighted by molar-refractivity contribution is 0.306. The molecule has 0 bridgehead atoms. The molecule has 0 amide bonds. The van der Waals surface area contributed by atoms with Crippen molar-refractivity contribution in [3.63, 3.8) is 0 Å². The first-order valence-electron chi connectivity index (χ1n) is 7.10. The summed E-state index contributed by atoms with van der Waals surface area (Å²) in [5, 5.41) is 4.22. The van der Waals surface area contributed by atoms with Crippen LogP contribution in [0, 0.1) is 0 Å². The van der Waals surface area contributed by atoms with E-state index in [9.17, 15) is 0 Å². The van der Waals surface area contributed by atoms with E-state index in [4.69, 9.17) is 16.3 Å². The fraction of sp³-hybridized carbons (Fsp3) is 0.294. The Morgan fingerprint density at radius 1 is 1.14 bits per heavy atom. The smallest absolute Gasteiger partial charge is 0.119 e. The molecule has 0 aliphatic heterocycles. The van der Waals surface area contributed by atoms with Gasteiger partial charge in [0.2, 0.25) is 0 Å². The van der Waals surface area contributed by atoms with E-state index in [1.165, 1.54) is 18.4 Å². The summed E-state index contributed by atoms with van der Waals surface area (Å²) in [4.78, 5) is 0. The van der Waals surface area contributed by atoms with E-state index < -0.39 is 0 Å². The van der Waals surface area contributed by atoms with Crippen LogP contribution in [0.3, 0.4) is 0 Å². The third-order valence-corrected chi connectivity index (χ3v) is 4.35. The van der Waals surface area contributed by atoms with Crippen LogP contribution in [0.2, 0.25) is 5.02 Å². The van der Waals surface area contributed by atoms with Crippen molar-refractivity contribution in [1.29, 1.82) is 0 Å². The third kappa shape index (κ3) is 4.47. The summed E-state index contributed by atoms with van der Waals surface area (Å²) < 4.78 is 6.76. The zero-order valence-corrected chi connectivity index (χ0v) is 14.0. The minimum absolute atomic E-state index is 0.478. The highest BCUT2D eigenvalue weighted by Crippen LogP contribution is 2.23. The fourth-order valence-corrected chi connectivity index (χ4v) is 2.78. The van der Waals surface area contributed by atoms with Gasteiger partial charge in [-0.15, -0.1) is 0 Å². The topological polar surface area (TPSA) is 21.3 Å². The Labute approximate surface area is 138 Å². The third-order valence-electron chi connectivity index (χ3n) is 3.51. The summed E-state index contributed by atoms with van der Waals surface area (Å²) in [6.45, 7) is 1.41. The zero-order valence-electron chi connectivity index (χ0n) is 11.6. The molecule has 0 unspecified atom stereocenters. The fourth-order valence-electron chi connectivity index (χ4n) is 2.05. The number of ether oxygens (including phenoxy) is 1. The molecule has 1 aliphatic rings. The van der Waals surface area contributed by atoms with Gasteiger partial charge in [-0.3, -0.25) is 0 Å². The molecule has 1 aliphatic carbocycles. The molecule has 1 fully saturated rings.